The summed E-state index contributed by atoms with van der Waals surface area (Å²) in [6.07, 6.45) is -0.143. The van der Waals surface area contributed by atoms with Gasteiger partial charge in [-0.2, -0.15) is 0 Å². The van der Waals surface area contributed by atoms with Crippen molar-refractivity contribution in [1.82, 2.24) is 0 Å². The average molecular weight is 186 g/mol. The fraction of sp³-hybridized carbons (Fsp3) is 0.800. The second-order valence-corrected chi connectivity index (χ2v) is 4.10. The van der Waals surface area contributed by atoms with Gasteiger partial charge in [-0.05, 0) is 27.2 Å². The minimum Gasteiger partial charge on any atom is -0.390 e. The van der Waals surface area contributed by atoms with Crippen LogP contribution < -0.4 is 0 Å². The number of hydrogen-bond acceptors (Lipinski definition) is 3. The third-order valence-corrected chi connectivity index (χ3v) is 2.02. The van der Waals surface area contributed by atoms with E-state index in [1.807, 2.05) is 20.8 Å². The van der Waals surface area contributed by atoms with Gasteiger partial charge in [0.1, 0.15) is 6.10 Å². The summed E-state index contributed by atoms with van der Waals surface area (Å²) in [6.45, 7) is 9.79. The van der Waals surface area contributed by atoms with Gasteiger partial charge in [0.15, 0.2) is 5.79 Å². The van der Waals surface area contributed by atoms with Crippen LogP contribution >= 0.6 is 0 Å². The number of rotatable bonds is 3. The Morgan fingerprint density at radius 3 is 2.69 bits per heavy atom. The van der Waals surface area contributed by atoms with E-state index < -0.39 is 11.9 Å². The van der Waals surface area contributed by atoms with Crippen LogP contribution in [-0.2, 0) is 9.47 Å². The van der Waals surface area contributed by atoms with Gasteiger partial charge in [-0.15, -0.1) is 6.58 Å². The van der Waals surface area contributed by atoms with Crippen LogP contribution in [-0.4, -0.2) is 29.7 Å². The minimum absolute atomic E-state index is 0.216. The maximum atomic E-state index is 9.69. The molecule has 1 heterocycles. The minimum atomic E-state index is -0.555. The van der Waals surface area contributed by atoms with Crippen molar-refractivity contribution in [3.63, 3.8) is 0 Å². The van der Waals surface area contributed by atoms with Crippen LogP contribution in [0.5, 0.6) is 0 Å². The van der Waals surface area contributed by atoms with Crippen molar-refractivity contribution < 1.29 is 14.6 Å². The molecule has 1 aliphatic heterocycles. The van der Waals surface area contributed by atoms with Gasteiger partial charge in [-0.1, -0.05) is 5.57 Å². The summed E-state index contributed by atoms with van der Waals surface area (Å²) in [6, 6.07) is 0. The van der Waals surface area contributed by atoms with E-state index in [-0.39, 0.29) is 6.10 Å². The van der Waals surface area contributed by atoms with E-state index >= 15 is 0 Å². The molecular weight excluding hydrogens is 168 g/mol. The highest BCUT2D eigenvalue weighted by molar-refractivity contribution is 4.93. The molecule has 13 heavy (non-hydrogen) atoms. The molecule has 0 aromatic carbocycles. The zero-order valence-electron chi connectivity index (χ0n) is 8.54. The van der Waals surface area contributed by atoms with Crippen LogP contribution in [0.3, 0.4) is 0 Å². The lowest BCUT2D eigenvalue weighted by Crippen LogP contribution is -2.30. The summed E-state index contributed by atoms with van der Waals surface area (Å²) < 4.78 is 10.8. The van der Waals surface area contributed by atoms with Crippen LogP contribution in [0.1, 0.15) is 27.2 Å². The lowest BCUT2D eigenvalue weighted by molar-refractivity contribution is -0.150. The van der Waals surface area contributed by atoms with Crippen molar-refractivity contribution in [1.29, 1.82) is 0 Å². The smallest absolute Gasteiger partial charge is 0.163 e. The molecule has 0 aliphatic carbocycles. The molecule has 1 rings (SSSR count). The molecule has 0 amide bonds. The highest BCUT2D eigenvalue weighted by Gasteiger charge is 2.36. The Labute approximate surface area is 79.3 Å². The molecule has 0 saturated carbocycles. The Hall–Kier alpha value is -0.380. The van der Waals surface area contributed by atoms with Gasteiger partial charge < -0.3 is 14.6 Å². The fourth-order valence-corrected chi connectivity index (χ4v) is 1.39. The zero-order valence-corrected chi connectivity index (χ0v) is 8.54. The van der Waals surface area contributed by atoms with Crippen LogP contribution in [0.4, 0.5) is 0 Å². The number of aliphatic hydroxyl groups is 1. The maximum Gasteiger partial charge on any atom is 0.163 e. The predicted octanol–water partition coefficient (Wildman–Crippen LogP) is 1.46. The van der Waals surface area contributed by atoms with Gasteiger partial charge in [0, 0.05) is 0 Å². The fourth-order valence-electron chi connectivity index (χ4n) is 1.39. The molecule has 0 spiro atoms. The second kappa shape index (κ2) is 3.78. The van der Waals surface area contributed by atoms with Crippen molar-refractivity contribution in [3.8, 4) is 0 Å². The van der Waals surface area contributed by atoms with Gasteiger partial charge in [-0.25, -0.2) is 0 Å². The number of hydrogen-bond donors (Lipinski definition) is 1. The SMILES string of the molecule is C=C(C)CC(O)[C@H]1COC(C)(C)O1. The highest BCUT2D eigenvalue weighted by atomic mass is 16.7. The normalized spacial score (nSPS) is 28.8. The molecule has 1 fully saturated rings. The first kappa shape index (κ1) is 10.7. The topological polar surface area (TPSA) is 38.7 Å². The molecule has 3 heteroatoms. The van der Waals surface area contributed by atoms with Gasteiger partial charge >= 0.3 is 0 Å². The third kappa shape index (κ3) is 3.10. The van der Waals surface area contributed by atoms with Gasteiger partial charge in [0.2, 0.25) is 0 Å². The molecule has 1 N–H and O–H groups in total. The Bertz CT molecular complexity index is 198. The first-order valence-electron chi connectivity index (χ1n) is 4.55. The van der Waals surface area contributed by atoms with E-state index in [0.717, 1.165) is 5.57 Å². The highest BCUT2D eigenvalue weighted by Crippen LogP contribution is 2.25. The summed E-state index contributed by atoms with van der Waals surface area (Å²) in [4.78, 5) is 0. The van der Waals surface area contributed by atoms with Crippen molar-refractivity contribution in [2.24, 2.45) is 0 Å². The maximum absolute atomic E-state index is 9.69. The zero-order chi connectivity index (χ0) is 10.1. The Morgan fingerprint density at radius 2 is 2.31 bits per heavy atom. The Kier molecular flexibility index (Phi) is 3.11. The summed E-state index contributed by atoms with van der Waals surface area (Å²) in [5.41, 5.74) is 0.959. The molecule has 2 atom stereocenters. The van der Waals surface area contributed by atoms with Crippen molar-refractivity contribution in [2.75, 3.05) is 6.61 Å². The first-order valence-corrected chi connectivity index (χ1v) is 4.55. The van der Waals surface area contributed by atoms with E-state index in [1.165, 1.54) is 0 Å². The molecule has 0 aromatic rings. The van der Waals surface area contributed by atoms with Gasteiger partial charge in [0.05, 0.1) is 12.7 Å². The lowest BCUT2D eigenvalue weighted by atomic mass is 10.1. The molecule has 1 aliphatic rings. The summed E-state index contributed by atoms with van der Waals surface area (Å²) >= 11 is 0. The summed E-state index contributed by atoms with van der Waals surface area (Å²) in [5.74, 6) is -0.555. The molecule has 1 saturated heterocycles. The number of aliphatic hydroxyl groups excluding tert-OH is 1. The van der Waals surface area contributed by atoms with Crippen LogP contribution in [0.15, 0.2) is 12.2 Å². The average Bonchev–Trinajstić information content (AvgIpc) is 2.28. The van der Waals surface area contributed by atoms with Gasteiger partial charge in [0.25, 0.3) is 0 Å². The van der Waals surface area contributed by atoms with E-state index in [9.17, 15) is 5.11 Å². The largest absolute Gasteiger partial charge is 0.390 e. The molecule has 1 unspecified atom stereocenters. The monoisotopic (exact) mass is 186 g/mol. The van der Waals surface area contributed by atoms with E-state index in [4.69, 9.17) is 9.47 Å². The van der Waals surface area contributed by atoms with Crippen LogP contribution in [0, 0.1) is 0 Å². The molecule has 0 aromatic heterocycles. The molecule has 3 nitrogen and oxygen atoms in total. The standard InChI is InChI=1S/C10H18O3/c1-7(2)5-8(11)9-6-12-10(3,4)13-9/h8-9,11H,1,5-6H2,2-4H3/t8?,9-/m1/s1. The Morgan fingerprint density at radius 1 is 1.69 bits per heavy atom. The van der Waals surface area contributed by atoms with E-state index in [2.05, 4.69) is 6.58 Å². The van der Waals surface area contributed by atoms with Crippen molar-refractivity contribution in [2.45, 2.75) is 45.2 Å². The third-order valence-electron chi connectivity index (χ3n) is 2.02. The molecule has 0 bridgehead atoms. The van der Waals surface area contributed by atoms with Crippen LogP contribution in [0.2, 0.25) is 0 Å². The van der Waals surface area contributed by atoms with Crippen molar-refractivity contribution in [3.05, 3.63) is 12.2 Å². The predicted molar refractivity (Wildman–Crippen MR) is 50.3 cm³/mol. The molecular formula is C10H18O3. The van der Waals surface area contributed by atoms with E-state index in [1.54, 1.807) is 0 Å². The van der Waals surface area contributed by atoms with Crippen molar-refractivity contribution >= 4 is 0 Å². The lowest BCUT2D eigenvalue weighted by Gasteiger charge is -2.20. The summed E-state index contributed by atoms with van der Waals surface area (Å²) in [7, 11) is 0. The van der Waals surface area contributed by atoms with Gasteiger partial charge in [-0.3, -0.25) is 0 Å². The molecule has 0 radical (unpaired) electrons. The molecule has 76 valence electrons. The summed E-state index contributed by atoms with van der Waals surface area (Å²) in [5, 5.41) is 9.69. The van der Waals surface area contributed by atoms with Crippen LogP contribution in [0.25, 0.3) is 0 Å². The van der Waals surface area contributed by atoms with E-state index in [0.29, 0.717) is 13.0 Å². The quantitative estimate of drug-likeness (QED) is 0.678. The second-order valence-electron chi connectivity index (χ2n) is 4.10. The Balaban J connectivity index is 2.42. The first-order chi connectivity index (χ1) is 5.91. The number of ether oxygens (including phenoxy) is 2.